The molecule has 2 aromatic rings. The van der Waals surface area contributed by atoms with Gasteiger partial charge in [0.05, 0.1) is 23.6 Å². The highest BCUT2D eigenvalue weighted by atomic mass is 19.1. The Balaban J connectivity index is 2.19. The Kier molecular flexibility index (Phi) is 2.95. The van der Waals surface area contributed by atoms with Crippen LogP contribution in [-0.4, -0.2) is 16.1 Å². The van der Waals surface area contributed by atoms with E-state index in [0.29, 0.717) is 11.3 Å². The summed E-state index contributed by atoms with van der Waals surface area (Å²) < 4.78 is 13.4. The minimum atomic E-state index is -0.583. The Bertz CT molecular complexity index is 544. The lowest BCUT2D eigenvalue weighted by Crippen LogP contribution is -2.13. The van der Waals surface area contributed by atoms with Crippen LogP contribution in [0.2, 0.25) is 0 Å². The first kappa shape index (κ1) is 11.0. The number of rotatable bonds is 2. The maximum absolute atomic E-state index is 13.4. The summed E-state index contributed by atoms with van der Waals surface area (Å²) in [6.07, 6.45) is 2.68. The summed E-state index contributed by atoms with van der Waals surface area (Å²) in [7, 11) is 0. The number of halogens is 1. The summed E-state index contributed by atoms with van der Waals surface area (Å²) in [4.78, 5) is 11.7. The second-order valence-electron chi connectivity index (χ2n) is 3.32. The topological polar surface area (TPSA) is 80.9 Å². The standard InChI is InChI=1S/C11H9FN4O/c12-9-5-8(13)1-2-10(9)16-11(17)7-3-4-14-15-6-7/h1-6H,13H2,(H,16,17). The molecule has 0 bridgehead atoms. The van der Waals surface area contributed by atoms with Crippen molar-refractivity contribution in [3.8, 4) is 0 Å². The van der Waals surface area contributed by atoms with Gasteiger partial charge in [-0.15, -0.1) is 0 Å². The third-order valence-corrected chi connectivity index (χ3v) is 2.09. The van der Waals surface area contributed by atoms with Crippen LogP contribution in [0.5, 0.6) is 0 Å². The molecule has 2 rings (SSSR count). The first-order valence-electron chi connectivity index (χ1n) is 4.80. The van der Waals surface area contributed by atoms with Crippen LogP contribution in [0.25, 0.3) is 0 Å². The summed E-state index contributed by atoms with van der Waals surface area (Å²) in [6.45, 7) is 0. The van der Waals surface area contributed by atoms with E-state index in [1.807, 2.05) is 0 Å². The molecular formula is C11H9FN4O. The van der Waals surface area contributed by atoms with Crippen LogP contribution in [-0.2, 0) is 0 Å². The van der Waals surface area contributed by atoms with Gasteiger partial charge in [0.15, 0.2) is 0 Å². The van der Waals surface area contributed by atoms with Gasteiger partial charge in [-0.3, -0.25) is 4.79 Å². The monoisotopic (exact) mass is 232 g/mol. The largest absolute Gasteiger partial charge is 0.399 e. The number of hydrogen-bond donors (Lipinski definition) is 2. The highest BCUT2D eigenvalue weighted by Gasteiger charge is 2.09. The summed E-state index contributed by atoms with van der Waals surface area (Å²) >= 11 is 0. The van der Waals surface area contributed by atoms with E-state index < -0.39 is 11.7 Å². The van der Waals surface area contributed by atoms with E-state index in [1.165, 1.54) is 30.6 Å². The van der Waals surface area contributed by atoms with Crippen molar-refractivity contribution in [3.05, 3.63) is 48.0 Å². The molecule has 17 heavy (non-hydrogen) atoms. The van der Waals surface area contributed by atoms with E-state index in [9.17, 15) is 9.18 Å². The van der Waals surface area contributed by atoms with Crippen LogP contribution in [0, 0.1) is 5.82 Å². The van der Waals surface area contributed by atoms with Gasteiger partial charge >= 0.3 is 0 Å². The van der Waals surface area contributed by atoms with Gasteiger partial charge in [-0.05, 0) is 24.3 Å². The highest BCUT2D eigenvalue weighted by Crippen LogP contribution is 2.17. The number of hydrogen-bond acceptors (Lipinski definition) is 4. The Morgan fingerprint density at radius 2 is 2.12 bits per heavy atom. The molecule has 1 heterocycles. The third-order valence-electron chi connectivity index (χ3n) is 2.09. The van der Waals surface area contributed by atoms with E-state index >= 15 is 0 Å². The fraction of sp³-hybridized carbons (Fsp3) is 0. The van der Waals surface area contributed by atoms with Crippen molar-refractivity contribution in [2.75, 3.05) is 11.1 Å². The number of nitrogens with two attached hydrogens (primary N) is 1. The predicted octanol–water partition coefficient (Wildman–Crippen LogP) is 1.45. The molecule has 0 saturated carbocycles. The fourth-order valence-electron chi connectivity index (χ4n) is 1.25. The number of nitrogen functional groups attached to an aromatic ring is 1. The van der Waals surface area contributed by atoms with Crippen LogP contribution >= 0.6 is 0 Å². The Hall–Kier alpha value is -2.50. The van der Waals surface area contributed by atoms with Crippen molar-refractivity contribution in [1.82, 2.24) is 10.2 Å². The van der Waals surface area contributed by atoms with Crippen LogP contribution in [0.3, 0.4) is 0 Å². The lowest BCUT2D eigenvalue weighted by Gasteiger charge is -2.06. The van der Waals surface area contributed by atoms with Crippen molar-refractivity contribution in [1.29, 1.82) is 0 Å². The average molecular weight is 232 g/mol. The van der Waals surface area contributed by atoms with Crippen molar-refractivity contribution >= 4 is 17.3 Å². The smallest absolute Gasteiger partial charge is 0.257 e. The molecule has 0 radical (unpaired) electrons. The number of amides is 1. The van der Waals surface area contributed by atoms with Gasteiger partial charge in [0, 0.05) is 5.69 Å². The predicted molar refractivity (Wildman–Crippen MR) is 60.8 cm³/mol. The fourth-order valence-corrected chi connectivity index (χ4v) is 1.25. The molecule has 1 amide bonds. The number of nitrogens with one attached hydrogen (secondary N) is 1. The van der Waals surface area contributed by atoms with E-state index in [1.54, 1.807) is 0 Å². The molecule has 0 fully saturated rings. The zero-order valence-electron chi connectivity index (χ0n) is 8.72. The molecule has 5 nitrogen and oxygen atoms in total. The van der Waals surface area contributed by atoms with E-state index in [0.717, 1.165) is 6.07 Å². The molecule has 0 aliphatic heterocycles. The number of nitrogens with zero attached hydrogens (tertiary/aromatic N) is 2. The maximum Gasteiger partial charge on any atom is 0.257 e. The van der Waals surface area contributed by atoms with E-state index in [-0.39, 0.29) is 5.69 Å². The second kappa shape index (κ2) is 4.56. The van der Waals surface area contributed by atoms with Crippen molar-refractivity contribution in [2.24, 2.45) is 0 Å². The zero-order valence-corrected chi connectivity index (χ0v) is 8.72. The van der Waals surface area contributed by atoms with Gasteiger partial charge in [0.1, 0.15) is 5.82 Å². The summed E-state index contributed by atoms with van der Waals surface area (Å²) in [5.74, 6) is -1.04. The molecule has 0 unspecified atom stereocenters. The Morgan fingerprint density at radius 3 is 2.76 bits per heavy atom. The molecule has 0 atom stereocenters. The van der Waals surface area contributed by atoms with Crippen molar-refractivity contribution in [3.63, 3.8) is 0 Å². The number of anilines is 2. The highest BCUT2D eigenvalue weighted by molar-refractivity contribution is 6.04. The number of aromatic nitrogens is 2. The lowest BCUT2D eigenvalue weighted by atomic mass is 10.2. The second-order valence-corrected chi connectivity index (χ2v) is 3.32. The Labute approximate surface area is 96.5 Å². The van der Waals surface area contributed by atoms with E-state index in [4.69, 9.17) is 5.73 Å². The minimum absolute atomic E-state index is 0.0704. The third kappa shape index (κ3) is 2.54. The number of carbonyl (C=O) groups excluding carboxylic acids is 1. The van der Waals surface area contributed by atoms with Crippen LogP contribution in [0.15, 0.2) is 36.7 Å². The normalized spacial score (nSPS) is 9.94. The van der Waals surface area contributed by atoms with Gasteiger partial charge in [0.25, 0.3) is 5.91 Å². The van der Waals surface area contributed by atoms with Gasteiger partial charge in [-0.25, -0.2) is 4.39 Å². The molecule has 0 spiro atoms. The first-order chi connectivity index (χ1) is 8.16. The Morgan fingerprint density at radius 1 is 1.29 bits per heavy atom. The van der Waals surface area contributed by atoms with Gasteiger partial charge < -0.3 is 11.1 Å². The average Bonchev–Trinajstić information content (AvgIpc) is 2.34. The summed E-state index contributed by atoms with van der Waals surface area (Å²) in [5.41, 5.74) is 6.07. The van der Waals surface area contributed by atoms with Crippen LogP contribution in [0.1, 0.15) is 10.4 Å². The lowest BCUT2D eigenvalue weighted by molar-refractivity contribution is 0.102. The van der Waals surface area contributed by atoms with E-state index in [2.05, 4.69) is 15.5 Å². The van der Waals surface area contributed by atoms with Crippen LogP contribution in [0.4, 0.5) is 15.8 Å². The van der Waals surface area contributed by atoms with Crippen LogP contribution < -0.4 is 11.1 Å². The molecule has 1 aromatic carbocycles. The molecule has 0 aliphatic rings. The SMILES string of the molecule is Nc1ccc(NC(=O)c2ccnnc2)c(F)c1. The van der Waals surface area contributed by atoms with Gasteiger partial charge in [-0.2, -0.15) is 10.2 Å². The number of carbonyl (C=O) groups is 1. The molecule has 6 heteroatoms. The molecule has 86 valence electrons. The summed E-state index contributed by atoms with van der Waals surface area (Å²) in [6, 6.07) is 5.53. The van der Waals surface area contributed by atoms with Gasteiger partial charge in [0.2, 0.25) is 0 Å². The quantitative estimate of drug-likeness (QED) is 0.768. The van der Waals surface area contributed by atoms with Crippen molar-refractivity contribution < 1.29 is 9.18 Å². The summed E-state index contributed by atoms with van der Waals surface area (Å²) in [5, 5.41) is 9.52. The molecule has 0 saturated heterocycles. The molecular weight excluding hydrogens is 223 g/mol. The van der Waals surface area contributed by atoms with Crippen molar-refractivity contribution in [2.45, 2.75) is 0 Å². The molecule has 3 N–H and O–H groups in total. The minimum Gasteiger partial charge on any atom is -0.399 e. The molecule has 1 aromatic heterocycles. The number of benzene rings is 1. The maximum atomic E-state index is 13.4. The zero-order chi connectivity index (χ0) is 12.3. The molecule has 0 aliphatic carbocycles. The first-order valence-corrected chi connectivity index (χ1v) is 4.80. The van der Waals surface area contributed by atoms with Gasteiger partial charge in [-0.1, -0.05) is 0 Å².